The lowest BCUT2D eigenvalue weighted by molar-refractivity contribution is 0.0316. The van der Waals surface area contributed by atoms with E-state index in [1.807, 2.05) is 6.92 Å². The fraction of sp³-hybridized carbons (Fsp3) is 0.350. The first-order valence-electron chi connectivity index (χ1n) is 8.27. The zero-order valence-corrected chi connectivity index (χ0v) is 15.9. The molecule has 0 radical (unpaired) electrons. The minimum Gasteiger partial charge on any atom is -0.496 e. The first-order chi connectivity index (χ1) is 12.2. The zero-order valence-electron chi connectivity index (χ0n) is 15.9. The first kappa shape index (κ1) is 19.4. The van der Waals surface area contributed by atoms with Crippen LogP contribution in [0.25, 0.3) is 0 Å². The summed E-state index contributed by atoms with van der Waals surface area (Å²) in [7, 11) is 1.52. The third kappa shape index (κ3) is 3.69. The van der Waals surface area contributed by atoms with E-state index in [1.165, 1.54) is 21.0 Å². The van der Waals surface area contributed by atoms with Crippen LogP contribution in [0.3, 0.4) is 0 Å². The molecule has 0 spiro atoms. The number of hydrogen-bond donors (Lipinski definition) is 1. The van der Waals surface area contributed by atoms with Crippen molar-refractivity contribution in [1.29, 1.82) is 0 Å². The fourth-order valence-corrected chi connectivity index (χ4v) is 2.96. The number of benzene rings is 1. The maximum Gasteiger partial charge on any atom is 0.338 e. The van der Waals surface area contributed by atoms with Gasteiger partial charge in [-0.2, -0.15) is 0 Å². The smallest absolute Gasteiger partial charge is 0.338 e. The molecule has 0 aliphatic rings. The van der Waals surface area contributed by atoms with E-state index in [-0.39, 0.29) is 17.3 Å². The summed E-state index contributed by atoms with van der Waals surface area (Å²) in [4.78, 5) is 39.6. The van der Waals surface area contributed by atoms with E-state index in [9.17, 15) is 14.4 Å². The normalized spacial score (nSPS) is 11.8. The predicted octanol–water partition coefficient (Wildman–Crippen LogP) is 3.58. The summed E-state index contributed by atoms with van der Waals surface area (Å²) >= 11 is 0. The van der Waals surface area contributed by atoms with Crippen molar-refractivity contribution < 1.29 is 23.9 Å². The number of ketones is 2. The van der Waals surface area contributed by atoms with E-state index in [2.05, 4.69) is 4.98 Å². The molecule has 0 amide bonds. The topological polar surface area (TPSA) is 85.5 Å². The number of H-pyrrole nitrogens is 1. The van der Waals surface area contributed by atoms with Crippen molar-refractivity contribution in [3.05, 3.63) is 51.8 Å². The summed E-state index contributed by atoms with van der Waals surface area (Å²) in [5.41, 5.74) is 3.17. The summed E-state index contributed by atoms with van der Waals surface area (Å²) < 4.78 is 10.5. The van der Waals surface area contributed by atoms with Gasteiger partial charge in [-0.3, -0.25) is 9.59 Å². The highest BCUT2D eigenvalue weighted by Crippen LogP contribution is 2.22. The van der Waals surface area contributed by atoms with Crippen molar-refractivity contribution in [2.75, 3.05) is 7.11 Å². The van der Waals surface area contributed by atoms with Gasteiger partial charge in [-0.05, 0) is 57.9 Å². The van der Waals surface area contributed by atoms with Gasteiger partial charge in [0.2, 0.25) is 5.78 Å². The highest BCUT2D eigenvalue weighted by Gasteiger charge is 2.26. The van der Waals surface area contributed by atoms with Crippen LogP contribution in [0.4, 0.5) is 0 Å². The molecule has 0 saturated carbocycles. The number of nitrogens with one attached hydrogen (secondary N) is 1. The minimum absolute atomic E-state index is 0.119. The molecule has 138 valence electrons. The molecule has 6 nitrogen and oxygen atoms in total. The maximum atomic E-state index is 12.7. The molecule has 0 saturated heterocycles. The molecule has 1 aromatic heterocycles. The van der Waals surface area contributed by atoms with Gasteiger partial charge in [0.1, 0.15) is 5.75 Å². The number of aromatic nitrogens is 1. The number of hydrogen-bond acceptors (Lipinski definition) is 5. The van der Waals surface area contributed by atoms with Crippen LogP contribution < -0.4 is 4.74 Å². The summed E-state index contributed by atoms with van der Waals surface area (Å²) in [6.45, 7) is 8.26. The molecule has 0 unspecified atom stereocenters. The molecule has 1 atom stereocenters. The molecule has 1 heterocycles. The van der Waals surface area contributed by atoms with Crippen LogP contribution in [0, 0.1) is 20.8 Å². The molecule has 6 heteroatoms. The van der Waals surface area contributed by atoms with Gasteiger partial charge in [0.25, 0.3) is 0 Å². The van der Waals surface area contributed by atoms with Crippen LogP contribution in [-0.2, 0) is 4.74 Å². The standard InChI is InChI=1S/C20H23NO5/c1-10-7-8-15(9-16(10)25-6)20(24)26-14(5)19(23)18-11(2)17(13(4)22)12(3)21-18/h7-9,14,21H,1-6H3/t14-/m1/s1. The van der Waals surface area contributed by atoms with Gasteiger partial charge in [0.05, 0.1) is 18.4 Å². The number of ether oxygens (including phenoxy) is 2. The zero-order chi connectivity index (χ0) is 19.6. The Balaban J connectivity index is 2.21. The number of carbonyl (C=O) groups excluding carboxylic acids is 3. The second-order valence-corrected chi connectivity index (χ2v) is 6.28. The fourth-order valence-electron chi connectivity index (χ4n) is 2.96. The van der Waals surface area contributed by atoms with E-state index in [1.54, 1.807) is 32.0 Å². The highest BCUT2D eigenvalue weighted by atomic mass is 16.5. The largest absolute Gasteiger partial charge is 0.496 e. The van der Waals surface area contributed by atoms with Crippen molar-refractivity contribution in [2.45, 2.75) is 40.7 Å². The van der Waals surface area contributed by atoms with E-state index >= 15 is 0 Å². The van der Waals surface area contributed by atoms with Crippen LogP contribution in [0.1, 0.15) is 61.9 Å². The Hall–Kier alpha value is -2.89. The number of aryl methyl sites for hydroxylation is 2. The monoisotopic (exact) mass is 357 g/mol. The Morgan fingerprint density at radius 1 is 1.12 bits per heavy atom. The molecule has 1 N–H and O–H groups in total. The van der Waals surface area contributed by atoms with Gasteiger partial charge in [-0.15, -0.1) is 0 Å². The molecule has 1 aromatic carbocycles. The predicted molar refractivity (Wildman–Crippen MR) is 97.2 cm³/mol. The van der Waals surface area contributed by atoms with Crippen molar-refractivity contribution >= 4 is 17.5 Å². The average molecular weight is 357 g/mol. The quantitative estimate of drug-likeness (QED) is 0.631. The number of methoxy groups -OCH3 is 1. The second-order valence-electron chi connectivity index (χ2n) is 6.28. The molecular weight excluding hydrogens is 334 g/mol. The number of aromatic amines is 1. The number of rotatable bonds is 6. The third-order valence-corrected chi connectivity index (χ3v) is 4.33. The van der Waals surface area contributed by atoms with E-state index < -0.39 is 12.1 Å². The maximum absolute atomic E-state index is 12.7. The van der Waals surface area contributed by atoms with Gasteiger partial charge in [-0.1, -0.05) is 6.07 Å². The van der Waals surface area contributed by atoms with Gasteiger partial charge in [0, 0.05) is 11.3 Å². The Bertz CT molecular complexity index is 879. The lowest BCUT2D eigenvalue weighted by atomic mass is 10.0. The Labute approximate surface area is 152 Å². The highest BCUT2D eigenvalue weighted by molar-refractivity contribution is 6.05. The summed E-state index contributed by atoms with van der Waals surface area (Å²) in [5.74, 6) is -0.547. The van der Waals surface area contributed by atoms with Crippen LogP contribution in [0.15, 0.2) is 18.2 Å². The third-order valence-electron chi connectivity index (χ3n) is 4.33. The van der Waals surface area contributed by atoms with Crippen molar-refractivity contribution in [2.24, 2.45) is 0 Å². The Morgan fingerprint density at radius 2 is 1.77 bits per heavy atom. The van der Waals surface area contributed by atoms with Gasteiger partial charge >= 0.3 is 5.97 Å². The van der Waals surface area contributed by atoms with Gasteiger partial charge < -0.3 is 14.5 Å². The van der Waals surface area contributed by atoms with Crippen molar-refractivity contribution in [3.63, 3.8) is 0 Å². The summed E-state index contributed by atoms with van der Waals surface area (Å²) in [6.07, 6.45) is -0.994. The molecule has 2 aromatic rings. The molecule has 0 fully saturated rings. The SMILES string of the molecule is COc1cc(C(=O)O[C@H](C)C(=O)c2[nH]c(C)c(C(C)=O)c2C)ccc1C. The van der Waals surface area contributed by atoms with E-state index in [4.69, 9.17) is 9.47 Å². The number of carbonyl (C=O) groups is 3. The van der Waals surface area contributed by atoms with Crippen LogP contribution in [0.5, 0.6) is 5.75 Å². The van der Waals surface area contributed by atoms with Crippen molar-refractivity contribution in [1.82, 2.24) is 4.98 Å². The Kier molecular flexibility index (Phi) is 5.65. The molecule has 2 rings (SSSR count). The lowest BCUT2D eigenvalue weighted by Gasteiger charge is -2.13. The van der Waals surface area contributed by atoms with Crippen LogP contribution >= 0.6 is 0 Å². The lowest BCUT2D eigenvalue weighted by Crippen LogP contribution is -2.25. The van der Waals surface area contributed by atoms with Crippen molar-refractivity contribution in [3.8, 4) is 5.75 Å². The van der Waals surface area contributed by atoms with Gasteiger partial charge in [-0.25, -0.2) is 4.79 Å². The Morgan fingerprint density at radius 3 is 2.31 bits per heavy atom. The molecule has 0 bridgehead atoms. The molecule has 26 heavy (non-hydrogen) atoms. The minimum atomic E-state index is -0.994. The number of esters is 1. The van der Waals surface area contributed by atoms with E-state index in [0.717, 1.165) is 5.56 Å². The number of Topliss-reactive ketones (excluding diaryl/α,β-unsaturated/α-hetero) is 2. The van der Waals surface area contributed by atoms with Crippen LogP contribution in [-0.4, -0.2) is 35.7 Å². The second kappa shape index (κ2) is 7.56. The average Bonchev–Trinajstić information content (AvgIpc) is 2.88. The summed E-state index contributed by atoms with van der Waals surface area (Å²) in [6, 6.07) is 4.95. The van der Waals surface area contributed by atoms with Crippen LogP contribution in [0.2, 0.25) is 0 Å². The molecule has 0 aliphatic heterocycles. The molecule has 0 aliphatic carbocycles. The summed E-state index contributed by atoms with van der Waals surface area (Å²) in [5, 5.41) is 0. The molecular formula is C20H23NO5. The first-order valence-corrected chi connectivity index (χ1v) is 8.27. The van der Waals surface area contributed by atoms with E-state index in [0.29, 0.717) is 28.1 Å². The van der Waals surface area contributed by atoms with Gasteiger partial charge in [0.15, 0.2) is 11.9 Å².